The smallest absolute Gasteiger partial charge is 0.328 e. The highest BCUT2D eigenvalue weighted by Crippen LogP contribution is 2.31. The molecule has 0 aliphatic rings. The van der Waals surface area contributed by atoms with Crippen LogP contribution in [-0.4, -0.2) is 53.7 Å². The third-order valence-corrected chi connectivity index (χ3v) is 6.85. The van der Waals surface area contributed by atoms with Gasteiger partial charge in [0.15, 0.2) is 11.4 Å². The van der Waals surface area contributed by atoms with Gasteiger partial charge in [0.25, 0.3) is 5.88 Å². The molecule has 1 aromatic carbocycles. The van der Waals surface area contributed by atoms with Crippen LogP contribution in [0, 0.1) is 13.8 Å². The van der Waals surface area contributed by atoms with Crippen LogP contribution < -0.4 is 15.2 Å². The van der Waals surface area contributed by atoms with Crippen molar-refractivity contribution in [2.24, 2.45) is 0 Å². The molecule has 0 saturated heterocycles. The quantitative estimate of drug-likeness (QED) is 0.397. The van der Waals surface area contributed by atoms with Gasteiger partial charge in [-0.1, -0.05) is 18.2 Å². The van der Waals surface area contributed by atoms with Crippen LogP contribution in [0.5, 0.6) is 11.6 Å². The van der Waals surface area contributed by atoms with Gasteiger partial charge in [-0.05, 0) is 55.7 Å². The molecule has 0 radical (unpaired) electrons. The van der Waals surface area contributed by atoms with E-state index in [4.69, 9.17) is 9.47 Å². The zero-order valence-corrected chi connectivity index (χ0v) is 21.1. The SMILES string of the molecule is CCOc1nc(C(CS(C)(=O)=O)n2c(=O)[nH]c3cc(-c4cccc(C)c4C)cnc32)ccc1OC. The normalized spacial score (nSPS) is 12.6. The van der Waals surface area contributed by atoms with Crippen molar-refractivity contribution in [2.75, 3.05) is 25.7 Å². The topological polar surface area (TPSA) is 116 Å². The number of pyridine rings is 2. The molecule has 0 aliphatic carbocycles. The van der Waals surface area contributed by atoms with Crippen molar-refractivity contribution in [3.05, 3.63) is 69.9 Å². The van der Waals surface area contributed by atoms with Crippen molar-refractivity contribution in [1.82, 2.24) is 19.5 Å². The lowest BCUT2D eigenvalue weighted by Crippen LogP contribution is -2.29. The second kappa shape index (κ2) is 9.53. The van der Waals surface area contributed by atoms with Crippen molar-refractivity contribution in [1.29, 1.82) is 0 Å². The Labute approximate surface area is 203 Å². The van der Waals surface area contributed by atoms with Crippen LogP contribution in [-0.2, 0) is 9.84 Å². The molecule has 1 atom stereocenters. The van der Waals surface area contributed by atoms with Crippen molar-refractivity contribution in [3.8, 4) is 22.8 Å². The van der Waals surface area contributed by atoms with Gasteiger partial charge in [0.2, 0.25) is 0 Å². The first-order valence-corrected chi connectivity index (χ1v) is 13.2. The molecule has 9 nitrogen and oxygen atoms in total. The fourth-order valence-corrected chi connectivity index (χ4v) is 5.01. The van der Waals surface area contributed by atoms with E-state index in [2.05, 4.69) is 15.0 Å². The van der Waals surface area contributed by atoms with E-state index in [0.717, 1.165) is 28.5 Å². The second-order valence-electron chi connectivity index (χ2n) is 8.43. The Bertz CT molecular complexity index is 1560. The number of aryl methyl sites for hydroxylation is 1. The van der Waals surface area contributed by atoms with Gasteiger partial charge in [-0.2, -0.15) is 0 Å². The highest BCUT2D eigenvalue weighted by atomic mass is 32.2. The van der Waals surface area contributed by atoms with Crippen LogP contribution in [0.4, 0.5) is 0 Å². The predicted molar refractivity (Wildman–Crippen MR) is 135 cm³/mol. The van der Waals surface area contributed by atoms with Gasteiger partial charge in [-0.25, -0.2) is 23.2 Å². The Morgan fingerprint density at radius 2 is 1.94 bits per heavy atom. The summed E-state index contributed by atoms with van der Waals surface area (Å²) < 4.78 is 37.0. The number of benzene rings is 1. The fraction of sp³-hybridized carbons (Fsp3) is 0.320. The number of sulfone groups is 1. The summed E-state index contributed by atoms with van der Waals surface area (Å²) in [4.78, 5) is 25.0. The summed E-state index contributed by atoms with van der Waals surface area (Å²) in [5, 5.41) is 0. The standard InChI is InChI=1S/C25H28N4O5S/c1-6-34-24-22(33-4)11-10-19(27-24)21(14-35(5,31)32)29-23-20(28-25(29)30)12-17(13-26-23)18-9-7-8-15(2)16(18)3/h7-13,21H,6,14H2,1-5H3,(H,28,30). The minimum absolute atomic E-state index is 0.226. The van der Waals surface area contributed by atoms with Gasteiger partial charge >= 0.3 is 5.69 Å². The summed E-state index contributed by atoms with van der Waals surface area (Å²) >= 11 is 0. The summed E-state index contributed by atoms with van der Waals surface area (Å²) in [6.45, 7) is 6.23. The van der Waals surface area contributed by atoms with Gasteiger partial charge in [0, 0.05) is 18.0 Å². The van der Waals surface area contributed by atoms with Gasteiger partial charge in [0.1, 0.15) is 9.84 Å². The van der Waals surface area contributed by atoms with Crippen LogP contribution in [0.15, 0.2) is 47.4 Å². The highest BCUT2D eigenvalue weighted by molar-refractivity contribution is 7.90. The first kappa shape index (κ1) is 24.5. The Hall–Kier alpha value is -3.66. The third kappa shape index (κ3) is 4.93. The molecule has 0 saturated carbocycles. The van der Waals surface area contributed by atoms with Crippen LogP contribution in [0.1, 0.15) is 29.8 Å². The van der Waals surface area contributed by atoms with E-state index in [9.17, 15) is 13.2 Å². The Morgan fingerprint density at radius 3 is 2.63 bits per heavy atom. The molecular formula is C25H28N4O5S. The first-order chi connectivity index (χ1) is 16.6. The molecule has 0 aliphatic heterocycles. The molecule has 35 heavy (non-hydrogen) atoms. The summed E-state index contributed by atoms with van der Waals surface area (Å²) in [5.41, 5.74) is 4.86. The van der Waals surface area contributed by atoms with E-state index in [0.29, 0.717) is 29.2 Å². The number of H-pyrrole nitrogens is 1. The number of fused-ring (bicyclic) bond motifs is 1. The minimum atomic E-state index is -3.50. The Kier molecular flexibility index (Phi) is 6.66. The number of nitrogens with zero attached hydrogens (tertiary/aromatic N) is 3. The molecule has 1 unspecified atom stereocenters. The maximum absolute atomic E-state index is 13.1. The first-order valence-electron chi connectivity index (χ1n) is 11.1. The van der Waals surface area contributed by atoms with Gasteiger partial charge < -0.3 is 14.5 Å². The molecule has 10 heteroatoms. The lowest BCUT2D eigenvalue weighted by Gasteiger charge is -2.19. The molecule has 3 aromatic heterocycles. The summed E-state index contributed by atoms with van der Waals surface area (Å²) in [6.07, 6.45) is 2.82. The Balaban J connectivity index is 1.89. The lowest BCUT2D eigenvalue weighted by atomic mass is 9.98. The number of imidazole rings is 1. The van der Waals surface area contributed by atoms with E-state index in [-0.39, 0.29) is 11.6 Å². The molecule has 184 valence electrons. The third-order valence-electron chi connectivity index (χ3n) is 5.93. The monoisotopic (exact) mass is 496 g/mol. The van der Waals surface area contributed by atoms with Crippen molar-refractivity contribution in [3.63, 3.8) is 0 Å². The molecule has 1 N–H and O–H groups in total. The number of aromatic nitrogens is 4. The number of ether oxygens (including phenoxy) is 2. The maximum Gasteiger partial charge on any atom is 0.328 e. The Morgan fingerprint density at radius 1 is 1.17 bits per heavy atom. The number of hydrogen-bond donors (Lipinski definition) is 1. The van der Waals surface area contributed by atoms with E-state index >= 15 is 0 Å². The molecule has 0 bridgehead atoms. The van der Waals surface area contributed by atoms with E-state index in [1.165, 1.54) is 11.7 Å². The highest BCUT2D eigenvalue weighted by Gasteiger charge is 2.27. The number of rotatable bonds is 8. The summed E-state index contributed by atoms with van der Waals surface area (Å²) in [5.74, 6) is 0.297. The molecular weight excluding hydrogens is 468 g/mol. The lowest BCUT2D eigenvalue weighted by molar-refractivity contribution is 0.296. The number of methoxy groups -OCH3 is 1. The van der Waals surface area contributed by atoms with Gasteiger partial charge in [0.05, 0.1) is 36.7 Å². The summed E-state index contributed by atoms with van der Waals surface area (Å²) in [6, 6.07) is 10.2. The minimum Gasteiger partial charge on any atom is -0.491 e. The average molecular weight is 497 g/mol. The van der Waals surface area contributed by atoms with Crippen LogP contribution in [0.2, 0.25) is 0 Å². The molecule has 0 fully saturated rings. The number of nitrogens with one attached hydrogen (secondary N) is 1. The van der Waals surface area contributed by atoms with Crippen LogP contribution in [0.25, 0.3) is 22.3 Å². The van der Waals surface area contributed by atoms with E-state index in [1.807, 2.05) is 45.0 Å². The second-order valence-corrected chi connectivity index (χ2v) is 10.6. The van der Waals surface area contributed by atoms with Crippen LogP contribution >= 0.6 is 0 Å². The number of aromatic amines is 1. The average Bonchev–Trinajstić information content (AvgIpc) is 3.13. The van der Waals surface area contributed by atoms with Crippen molar-refractivity contribution >= 4 is 21.0 Å². The zero-order chi connectivity index (χ0) is 25.3. The van der Waals surface area contributed by atoms with Crippen molar-refractivity contribution < 1.29 is 17.9 Å². The molecule has 0 amide bonds. The molecule has 3 heterocycles. The van der Waals surface area contributed by atoms with Gasteiger partial charge in [-0.15, -0.1) is 0 Å². The molecule has 0 spiro atoms. The fourth-order valence-electron chi connectivity index (χ4n) is 4.12. The van der Waals surface area contributed by atoms with Crippen molar-refractivity contribution in [2.45, 2.75) is 26.8 Å². The van der Waals surface area contributed by atoms with Gasteiger partial charge in [-0.3, -0.25) is 4.57 Å². The van der Waals surface area contributed by atoms with E-state index < -0.39 is 21.6 Å². The van der Waals surface area contributed by atoms with Crippen LogP contribution in [0.3, 0.4) is 0 Å². The molecule has 4 aromatic rings. The number of hydrogen-bond acceptors (Lipinski definition) is 7. The molecule has 4 rings (SSSR count). The maximum atomic E-state index is 13.1. The summed E-state index contributed by atoms with van der Waals surface area (Å²) in [7, 11) is -2.00. The zero-order valence-electron chi connectivity index (χ0n) is 20.3. The van der Waals surface area contributed by atoms with E-state index in [1.54, 1.807) is 18.3 Å². The predicted octanol–water partition coefficient (Wildman–Crippen LogP) is 3.44. The largest absolute Gasteiger partial charge is 0.491 e.